The first-order chi connectivity index (χ1) is 7.06. The average molecular weight is 213 g/mol. The third kappa shape index (κ3) is 3.20. The van der Waals surface area contributed by atoms with Crippen LogP contribution in [0.5, 0.6) is 0 Å². The van der Waals surface area contributed by atoms with Gasteiger partial charge in [0, 0.05) is 6.04 Å². The van der Waals surface area contributed by atoms with Crippen LogP contribution in [-0.4, -0.2) is 35.1 Å². The summed E-state index contributed by atoms with van der Waals surface area (Å²) >= 11 is 0. The van der Waals surface area contributed by atoms with Gasteiger partial charge in [-0.3, -0.25) is 9.69 Å². The first-order valence-electron chi connectivity index (χ1n) is 6.03. The number of piperidine rings is 1. The molecule has 0 bridgehead atoms. The molecule has 1 rings (SSSR count). The van der Waals surface area contributed by atoms with Crippen molar-refractivity contribution in [3.05, 3.63) is 0 Å². The van der Waals surface area contributed by atoms with Crippen LogP contribution in [-0.2, 0) is 4.79 Å². The first kappa shape index (κ1) is 12.5. The smallest absolute Gasteiger partial charge is 0.307 e. The maximum atomic E-state index is 10.9. The molecule has 0 aromatic heterocycles. The highest BCUT2D eigenvalue weighted by molar-refractivity contribution is 5.70. The van der Waals surface area contributed by atoms with E-state index in [2.05, 4.69) is 11.8 Å². The number of likely N-dealkylation sites (tertiary alicyclic amines) is 1. The zero-order valence-corrected chi connectivity index (χ0v) is 10.1. The number of carbonyl (C=O) groups is 1. The van der Waals surface area contributed by atoms with Crippen molar-refractivity contribution in [2.75, 3.05) is 13.1 Å². The van der Waals surface area contributed by atoms with Crippen molar-refractivity contribution in [2.24, 2.45) is 11.8 Å². The largest absolute Gasteiger partial charge is 0.481 e. The lowest BCUT2D eigenvalue weighted by Crippen LogP contribution is -2.44. The molecule has 2 atom stereocenters. The molecule has 2 unspecified atom stereocenters. The SMILES string of the molecule is CCC1CCN(C(C)C(C)C(=O)O)CC1. The normalized spacial score (nSPS) is 23.7. The number of carboxylic acids is 1. The summed E-state index contributed by atoms with van der Waals surface area (Å²) in [6.07, 6.45) is 3.72. The van der Waals surface area contributed by atoms with Gasteiger partial charge in [-0.25, -0.2) is 0 Å². The van der Waals surface area contributed by atoms with Crippen LogP contribution in [0.25, 0.3) is 0 Å². The van der Waals surface area contributed by atoms with Crippen LogP contribution in [0.4, 0.5) is 0 Å². The highest BCUT2D eigenvalue weighted by Gasteiger charge is 2.28. The van der Waals surface area contributed by atoms with Crippen molar-refractivity contribution in [2.45, 2.75) is 46.1 Å². The standard InChI is InChI=1S/C12H23NO2/c1-4-11-5-7-13(8-6-11)10(3)9(2)12(14)15/h9-11H,4-8H2,1-3H3,(H,14,15). The molecule has 88 valence electrons. The summed E-state index contributed by atoms with van der Waals surface area (Å²) in [4.78, 5) is 13.2. The highest BCUT2D eigenvalue weighted by atomic mass is 16.4. The fourth-order valence-electron chi connectivity index (χ4n) is 2.29. The summed E-state index contributed by atoms with van der Waals surface area (Å²) < 4.78 is 0. The zero-order chi connectivity index (χ0) is 11.4. The lowest BCUT2D eigenvalue weighted by molar-refractivity contribution is -0.143. The molecule has 0 aromatic rings. The van der Waals surface area contributed by atoms with Crippen LogP contribution in [0.3, 0.4) is 0 Å². The Morgan fingerprint density at radius 2 is 1.93 bits per heavy atom. The lowest BCUT2D eigenvalue weighted by Gasteiger charge is -2.37. The molecule has 1 fully saturated rings. The molecule has 1 aliphatic heterocycles. The summed E-state index contributed by atoms with van der Waals surface area (Å²) in [6, 6.07) is 0.167. The fourth-order valence-corrected chi connectivity index (χ4v) is 2.29. The molecule has 0 radical (unpaired) electrons. The Morgan fingerprint density at radius 1 is 1.40 bits per heavy atom. The molecule has 1 saturated heterocycles. The van der Waals surface area contributed by atoms with E-state index in [4.69, 9.17) is 5.11 Å². The van der Waals surface area contributed by atoms with Gasteiger partial charge in [0.15, 0.2) is 0 Å². The molecule has 0 amide bonds. The minimum Gasteiger partial charge on any atom is -0.481 e. The van der Waals surface area contributed by atoms with Gasteiger partial charge in [-0.15, -0.1) is 0 Å². The van der Waals surface area contributed by atoms with Gasteiger partial charge in [-0.1, -0.05) is 20.3 Å². The Morgan fingerprint density at radius 3 is 2.33 bits per heavy atom. The quantitative estimate of drug-likeness (QED) is 0.778. The molecule has 0 aromatic carbocycles. The van der Waals surface area contributed by atoms with E-state index in [0.29, 0.717) is 0 Å². The Bertz CT molecular complexity index is 210. The molecular weight excluding hydrogens is 190 g/mol. The highest BCUT2D eigenvalue weighted by Crippen LogP contribution is 2.23. The fraction of sp³-hybridized carbons (Fsp3) is 0.917. The van der Waals surface area contributed by atoms with Crippen molar-refractivity contribution in [1.82, 2.24) is 4.90 Å². The van der Waals surface area contributed by atoms with Gasteiger partial charge in [0.1, 0.15) is 0 Å². The summed E-state index contributed by atoms with van der Waals surface area (Å²) in [6.45, 7) is 8.21. The summed E-state index contributed by atoms with van der Waals surface area (Å²) in [5.74, 6) is -0.0862. The van der Waals surface area contributed by atoms with Crippen molar-refractivity contribution < 1.29 is 9.90 Å². The maximum Gasteiger partial charge on any atom is 0.307 e. The van der Waals surface area contributed by atoms with Gasteiger partial charge in [-0.2, -0.15) is 0 Å². The molecule has 1 N–H and O–H groups in total. The topological polar surface area (TPSA) is 40.5 Å². The summed E-state index contributed by atoms with van der Waals surface area (Å²) in [7, 11) is 0. The van der Waals surface area contributed by atoms with E-state index in [9.17, 15) is 4.79 Å². The minimum atomic E-state index is -0.680. The van der Waals surface area contributed by atoms with E-state index in [1.807, 2.05) is 6.92 Å². The van der Waals surface area contributed by atoms with E-state index in [1.165, 1.54) is 19.3 Å². The third-order valence-electron chi connectivity index (χ3n) is 3.92. The number of aliphatic carboxylic acids is 1. The maximum absolute atomic E-state index is 10.9. The van der Waals surface area contributed by atoms with Crippen LogP contribution in [0.1, 0.15) is 40.0 Å². The first-order valence-corrected chi connectivity index (χ1v) is 6.03. The number of carboxylic acid groups (broad SMARTS) is 1. The van der Waals surface area contributed by atoms with Crippen molar-refractivity contribution in [3.63, 3.8) is 0 Å². The van der Waals surface area contributed by atoms with Gasteiger partial charge in [0.25, 0.3) is 0 Å². The second kappa shape index (κ2) is 5.50. The number of nitrogens with zero attached hydrogens (tertiary/aromatic N) is 1. The van der Waals surface area contributed by atoms with Crippen LogP contribution < -0.4 is 0 Å². The molecule has 0 saturated carbocycles. The van der Waals surface area contributed by atoms with Crippen LogP contribution in [0.15, 0.2) is 0 Å². The molecule has 15 heavy (non-hydrogen) atoms. The van der Waals surface area contributed by atoms with Crippen LogP contribution in [0, 0.1) is 11.8 Å². The predicted octanol–water partition coefficient (Wildman–Crippen LogP) is 2.22. The number of hydrogen-bond acceptors (Lipinski definition) is 2. The van der Waals surface area contributed by atoms with Crippen molar-refractivity contribution in [1.29, 1.82) is 0 Å². The minimum absolute atomic E-state index is 0.167. The predicted molar refractivity (Wildman–Crippen MR) is 60.8 cm³/mol. The van der Waals surface area contributed by atoms with Gasteiger partial charge in [0.05, 0.1) is 5.92 Å². The van der Waals surface area contributed by atoms with Gasteiger partial charge < -0.3 is 5.11 Å². The Labute approximate surface area is 92.5 Å². The molecule has 0 aliphatic carbocycles. The van der Waals surface area contributed by atoms with E-state index < -0.39 is 5.97 Å². The zero-order valence-electron chi connectivity index (χ0n) is 10.1. The molecular formula is C12H23NO2. The van der Waals surface area contributed by atoms with E-state index >= 15 is 0 Å². The van der Waals surface area contributed by atoms with Crippen LogP contribution >= 0.6 is 0 Å². The van der Waals surface area contributed by atoms with Crippen molar-refractivity contribution >= 4 is 5.97 Å². The lowest BCUT2D eigenvalue weighted by atomic mass is 9.92. The van der Waals surface area contributed by atoms with Crippen LogP contribution in [0.2, 0.25) is 0 Å². The van der Waals surface area contributed by atoms with E-state index in [-0.39, 0.29) is 12.0 Å². The second-order valence-corrected chi connectivity index (χ2v) is 4.76. The molecule has 1 aliphatic rings. The van der Waals surface area contributed by atoms with Crippen molar-refractivity contribution in [3.8, 4) is 0 Å². The van der Waals surface area contributed by atoms with Gasteiger partial charge >= 0.3 is 5.97 Å². The monoisotopic (exact) mass is 213 g/mol. The Kier molecular flexibility index (Phi) is 4.58. The van der Waals surface area contributed by atoms with E-state index in [0.717, 1.165) is 19.0 Å². The molecule has 3 nitrogen and oxygen atoms in total. The Hall–Kier alpha value is -0.570. The number of hydrogen-bond donors (Lipinski definition) is 1. The molecule has 0 spiro atoms. The summed E-state index contributed by atoms with van der Waals surface area (Å²) in [5.41, 5.74) is 0. The second-order valence-electron chi connectivity index (χ2n) is 4.76. The number of rotatable bonds is 4. The average Bonchev–Trinajstić information content (AvgIpc) is 2.27. The summed E-state index contributed by atoms with van der Waals surface area (Å²) in [5, 5.41) is 8.95. The van der Waals surface area contributed by atoms with E-state index in [1.54, 1.807) is 6.92 Å². The van der Waals surface area contributed by atoms with Gasteiger partial charge in [-0.05, 0) is 38.8 Å². The van der Waals surface area contributed by atoms with Gasteiger partial charge in [0.2, 0.25) is 0 Å². The molecule has 1 heterocycles. The molecule has 3 heteroatoms. The Balaban J connectivity index is 2.42. The third-order valence-corrected chi connectivity index (χ3v) is 3.92.